The molecule has 0 aliphatic carbocycles. The standard InChI is InChI=1S/C29H25NO5/c1-19(31)30-23-10-12-24(13-11-23)35-18-22-17-20(8-16-28(22)34-2)7-15-27(32)26-14-9-21-5-3-4-6-25(21)29(26)33/h3-17,33H,18H2,1-2H3,(H,30,31). The second-order valence-corrected chi connectivity index (χ2v) is 7.95. The maximum Gasteiger partial charge on any atom is 0.221 e. The molecule has 0 saturated carbocycles. The largest absolute Gasteiger partial charge is 0.507 e. The first-order chi connectivity index (χ1) is 16.9. The number of rotatable bonds is 8. The molecule has 4 aromatic carbocycles. The number of phenolic OH excluding ortho intramolecular Hbond substituents is 1. The molecule has 0 heterocycles. The molecule has 4 aromatic rings. The average Bonchev–Trinajstić information content (AvgIpc) is 2.87. The van der Waals surface area contributed by atoms with Crippen molar-refractivity contribution in [3.05, 3.63) is 102 Å². The van der Waals surface area contributed by atoms with Crippen molar-refractivity contribution in [2.45, 2.75) is 13.5 Å². The van der Waals surface area contributed by atoms with Crippen LogP contribution < -0.4 is 14.8 Å². The van der Waals surface area contributed by atoms with Gasteiger partial charge in [0.15, 0.2) is 5.78 Å². The molecule has 2 N–H and O–H groups in total. The summed E-state index contributed by atoms with van der Waals surface area (Å²) in [6.07, 6.45) is 3.14. The third-order valence-corrected chi connectivity index (χ3v) is 5.47. The first-order valence-electron chi connectivity index (χ1n) is 11.0. The zero-order valence-corrected chi connectivity index (χ0v) is 19.4. The highest BCUT2D eigenvalue weighted by atomic mass is 16.5. The predicted molar refractivity (Wildman–Crippen MR) is 137 cm³/mol. The molecular weight excluding hydrogens is 442 g/mol. The van der Waals surface area contributed by atoms with Gasteiger partial charge in [-0.25, -0.2) is 0 Å². The summed E-state index contributed by atoms with van der Waals surface area (Å²) in [5.74, 6) is 0.856. The highest BCUT2D eigenvalue weighted by Gasteiger charge is 2.12. The summed E-state index contributed by atoms with van der Waals surface area (Å²) in [5, 5.41) is 14.8. The smallest absolute Gasteiger partial charge is 0.221 e. The van der Waals surface area contributed by atoms with Crippen molar-refractivity contribution in [3.63, 3.8) is 0 Å². The minimum atomic E-state index is -0.291. The number of methoxy groups -OCH3 is 1. The van der Waals surface area contributed by atoms with E-state index in [0.717, 1.165) is 16.5 Å². The Morgan fingerprint density at radius 3 is 2.49 bits per heavy atom. The molecule has 0 aliphatic rings. The van der Waals surface area contributed by atoms with Crippen LogP contribution in [0.5, 0.6) is 17.2 Å². The number of aromatic hydroxyl groups is 1. The van der Waals surface area contributed by atoms with Gasteiger partial charge in [-0.05, 0) is 59.5 Å². The zero-order valence-electron chi connectivity index (χ0n) is 19.4. The zero-order chi connectivity index (χ0) is 24.8. The SMILES string of the molecule is COc1ccc(C=CC(=O)c2ccc3ccccc3c2O)cc1COc1ccc(NC(C)=O)cc1. The minimum absolute atomic E-state index is 0.0221. The second-order valence-electron chi connectivity index (χ2n) is 7.95. The molecule has 0 spiro atoms. The average molecular weight is 468 g/mol. The lowest BCUT2D eigenvalue weighted by atomic mass is 10.0. The van der Waals surface area contributed by atoms with E-state index in [4.69, 9.17) is 9.47 Å². The van der Waals surface area contributed by atoms with E-state index in [0.29, 0.717) is 22.6 Å². The van der Waals surface area contributed by atoms with Gasteiger partial charge in [0.05, 0.1) is 12.7 Å². The van der Waals surface area contributed by atoms with E-state index in [1.165, 1.54) is 13.0 Å². The Morgan fingerprint density at radius 1 is 0.971 bits per heavy atom. The fourth-order valence-electron chi connectivity index (χ4n) is 3.73. The number of amides is 1. The summed E-state index contributed by atoms with van der Waals surface area (Å²) in [4.78, 5) is 23.9. The maximum atomic E-state index is 12.8. The minimum Gasteiger partial charge on any atom is -0.507 e. The van der Waals surface area contributed by atoms with Crippen LogP contribution >= 0.6 is 0 Å². The molecule has 0 radical (unpaired) electrons. The van der Waals surface area contributed by atoms with Crippen molar-refractivity contribution >= 4 is 34.2 Å². The fourth-order valence-corrected chi connectivity index (χ4v) is 3.73. The summed E-state index contributed by atoms with van der Waals surface area (Å²) in [7, 11) is 1.59. The van der Waals surface area contributed by atoms with E-state index >= 15 is 0 Å². The van der Waals surface area contributed by atoms with Crippen molar-refractivity contribution in [2.24, 2.45) is 0 Å². The number of carbonyl (C=O) groups excluding carboxylic acids is 2. The third-order valence-electron chi connectivity index (χ3n) is 5.47. The van der Waals surface area contributed by atoms with E-state index in [2.05, 4.69) is 5.32 Å². The van der Waals surface area contributed by atoms with E-state index in [-0.39, 0.29) is 29.6 Å². The summed E-state index contributed by atoms with van der Waals surface area (Å²) >= 11 is 0. The lowest BCUT2D eigenvalue weighted by Crippen LogP contribution is -2.05. The van der Waals surface area contributed by atoms with Gasteiger partial charge < -0.3 is 19.9 Å². The summed E-state index contributed by atoms with van der Waals surface area (Å²) in [6.45, 7) is 1.71. The van der Waals surface area contributed by atoms with Crippen LogP contribution in [0.2, 0.25) is 0 Å². The van der Waals surface area contributed by atoms with Gasteiger partial charge >= 0.3 is 0 Å². The van der Waals surface area contributed by atoms with E-state index in [1.807, 2.05) is 42.5 Å². The van der Waals surface area contributed by atoms with Crippen LogP contribution in [0.4, 0.5) is 5.69 Å². The van der Waals surface area contributed by atoms with Crippen molar-refractivity contribution < 1.29 is 24.2 Å². The monoisotopic (exact) mass is 467 g/mol. The Hall–Kier alpha value is -4.58. The molecule has 35 heavy (non-hydrogen) atoms. The number of ether oxygens (including phenoxy) is 2. The van der Waals surface area contributed by atoms with Gasteiger partial charge in [0.1, 0.15) is 23.9 Å². The quantitative estimate of drug-likeness (QED) is 0.246. The summed E-state index contributed by atoms with van der Waals surface area (Å²) < 4.78 is 11.3. The van der Waals surface area contributed by atoms with Gasteiger partial charge in [-0.3, -0.25) is 9.59 Å². The molecule has 1 amide bonds. The topological polar surface area (TPSA) is 84.9 Å². The predicted octanol–water partition coefficient (Wildman–Crippen LogP) is 5.99. The van der Waals surface area contributed by atoms with Crippen LogP contribution in [-0.4, -0.2) is 23.9 Å². The number of benzene rings is 4. The number of allylic oxidation sites excluding steroid dienone is 1. The summed E-state index contributed by atoms with van der Waals surface area (Å²) in [5.41, 5.74) is 2.54. The lowest BCUT2D eigenvalue weighted by molar-refractivity contribution is -0.114. The Bertz CT molecular complexity index is 1410. The maximum absolute atomic E-state index is 12.8. The number of hydrogen-bond donors (Lipinski definition) is 2. The van der Waals surface area contributed by atoms with Gasteiger partial charge in [0.25, 0.3) is 0 Å². The Morgan fingerprint density at radius 2 is 1.74 bits per heavy atom. The fraction of sp³-hybridized carbons (Fsp3) is 0.103. The van der Waals surface area contributed by atoms with Crippen LogP contribution in [-0.2, 0) is 11.4 Å². The Labute approximate surface area is 203 Å². The normalized spacial score (nSPS) is 10.9. The molecule has 6 nitrogen and oxygen atoms in total. The van der Waals surface area contributed by atoms with Gasteiger partial charge in [-0.1, -0.05) is 42.5 Å². The van der Waals surface area contributed by atoms with Gasteiger partial charge in [0, 0.05) is 23.6 Å². The van der Waals surface area contributed by atoms with E-state index in [9.17, 15) is 14.7 Å². The number of phenols is 1. The van der Waals surface area contributed by atoms with Crippen LogP contribution in [0.3, 0.4) is 0 Å². The summed E-state index contributed by atoms with van der Waals surface area (Å²) in [6, 6.07) is 23.5. The third kappa shape index (κ3) is 5.68. The molecule has 4 rings (SSSR count). The second kappa shape index (κ2) is 10.6. The number of nitrogens with one attached hydrogen (secondary N) is 1. The van der Waals surface area contributed by atoms with Gasteiger partial charge in [-0.15, -0.1) is 0 Å². The highest BCUT2D eigenvalue weighted by Crippen LogP contribution is 2.29. The van der Waals surface area contributed by atoms with Gasteiger partial charge in [0.2, 0.25) is 5.91 Å². The number of carbonyl (C=O) groups is 2. The molecule has 0 bridgehead atoms. The first kappa shape index (κ1) is 23.6. The highest BCUT2D eigenvalue weighted by molar-refractivity contribution is 6.11. The number of ketones is 1. The van der Waals surface area contributed by atoms with Crippen molar-refractivity contribution in [2.75, 3.05) is 12.4 Å². The van der Waals surface area contributed by atoms with E-state index in [1.54, 1.807) is 49.6 Å². The van der Waals surface area contributed by atoms with E-state index < -0.39 is 0 Å². The van der Waals surface area contributed by atoms with Gasteiger partial charge in [-0.2, -0.15) is 0 Å². The van der Waals surface area contributed by atoms with Crippen molar-refractivity contribution in [3.8, 4) is 17.2 Å². The van der Waals surface area contributed by atoms with Crippen LogP contribution in [0.1, 0.15) is 28.4 Å². The molecule has 0 fully saturated rings. The Kier molecular flexibility index (Phi) is 7.12. The molecular formula is C29H25NO5. The molecule has 0 aliphatic heterocycles. The molecule has 6 heteroatoms. The van der Waals surface area contributed by atoms with Crippen molar-refractivity contribution in [1.82, 2.24) is 0 Å². The molecule has 0 aromatic heterocycles. The Balaban J connectivity index is 1.49. The molecule has 0 unspecified atom stereocenters. The van der Waals surface area contributed by atoms with Crippen LogP contribution in [0, 0.1) is 0 Å². The molecule has 0 atom stereocenters. The lowest BCUT2D eigenvalue weighted by Gasteiger charge is -2.12. The molecule has 176 valence electrons. The first-order valence-corrected chi connectivity index (χ1v) is 11.0. The van der Waals surface area contributed by atoms with Crippen LogP contribution in [0.25, 0.3) is 16.8 Å². The molecule has 0 saturated heterocycles. The number of anilines is 1. The number of hydrogen-bond acceptors (Lipinski definition) is 5. The van der Waals surface area contributed by atoms with Crippen molar-refractivity contribution in [1.29, 1.82) is 0 Å². The number of fused-ring (bicyclic) bond motifs is 1. The van der Waals surface area contributed by atoms with Crippen LogP contribution in [0.15, 0.2) is 84.9 Å².